The smallest absolute Gasteiger partial charge is 0.223 e. The fraction of sp³-hybridized carbons (Fsp3) is 0.909. The van der Waals surface area contributed by atoms with E-state index in [1.165, 1.54) is 12.8 Å². The van der Waals surface area contributed by atoms with Crippen LogP contribution in [0, 0.1) is 0 Å². The number of carbonyl (C=O) groups is 1. The fourth-order valence-corrected chi connectivity index (χ4v) is 2.12. The number of hydrogen-bond acceptors (Lipinski definition) is 2. The van der Waals surface area contributed by atoms with Gasteiger partial charge in [0.25, 0.3) is 0 Å². The minimum Gasteiger partial charge on any atom is -0.344 e. The zero-order chi connectivity index (χ0) is 10.6. The molecule has 0 unspecified atom stereocenters. The number of rotatable bonds is 3. The monoisotopic (exact) mass is 198 g/mol. The number of likely N-dealkylation sites (N-methyl/N-ethyl adjacent to an activating group) is 1. The predicted molar refractivity (Wildman–Crippen MR) is 58.2 cm³/mol. The minimum atomic E-state index is 0.290. The molecule has 0 aromatic rings. The Bertz CT molecular complexity index is 190. The molecule has 0 spiro atoms. The average Bonchev–Trinajstić information content (AvgIpc) is 2.35. The Labute approximate surface area is 87.1 Å². The first-order valence-electron chi connectivity index (χ1n) is 5.67. The average molecular weight is 198 g/mol. The molecule has 1 heterocycles. The van der Waals surface area contributed by atoms with Crippen molar-refractivity contribution in [3.05, 3.63) is 0 Å². The van der Waals surface area contributed by atoms with Gasteiger partial charge in [-0.15, -0.1) is 0 Å². The van der Waals surface area contributed by atoms with Crippen molar-refractivity contribution in [3.8, 4) is 0 Å². The molecule has 0 atom stereocenters. The molecule has 3 heteroatoms. The molecular formula is C11H22N2O. The first-order valence-corrected chi connectivity index (χ1v) is 5.67. The van der Waals surface area contributed by atoms with Crippen molar-refractivity contribution in [2.24, 2.45) is 0 Å². The molecule has 14 heavy (non-hydrogen) atoms. The van der Waals surface area contributed by atoms with Crippen LogP contribution in [-0.4, -0.2) is 48.4 Å². The van der Waals surface area contributed by atoms with Crippen molar-refractivity contribution >= 4 is 5.91 Å². The van der Waals surface area contributed by atoms with Gasteiger partial charge >= 0.3 is 0 Å². The Morgan fingerprint density at radius 2 is 1.86 bits per heavy atom. The maximum absolute atomic E-state index is 11.5. The molecule has 3 nitrogen and oxygen atoms in total. The van der Waals surface area contributed by atoms with Crippen molar-refractivity contribution in [3.63, 3.8) is 0 Å². The van der Waals surface area contributed by atoms with Crippen LogP contribution in [0.25, 0.3) is 0 Å². The van der Waals surface area contributed by atoms with Crippen LogP contribution in [0.4, 0.5) is 0 Å². The number of hydrogen-bond donors (Lipinski definition) is 0. The highest BCUT2D eigenvalue weighted by Crippen LogP contribution is 2.12. The van der Waals surface area contributed by atoms with Crippen LogP contribution >= 0.6 is 0 Å². The topological polar surface area (TPSA) is 23.6 Å². The molecule has 82 valence electrons. The number of carbonyl (C=O) groups excluding carboxylic acids is 1. The van der Waals surface area contributed by atoms with Gasteiger partial charge < -0.3 is 4.90 Å². The predicted octanol–water partition coefficient (Wildman–Crippen LogP) is 1.34. The lowest BCUT2D eigenvalue weighted by molar-refractivity contribution is -0.129. The zero-order valence-electron chi connectivity index (χ0n) is 9.62. The SMILES string of the molecule is CCC(CC)N1CCC(=O)N(C)CC1. The summed E-state index contributed by atoms with van der Waals surface area (Å²) < 4.78 is 0. The van der Waals surface area contributed by atoms with Crippen LogP contribution in [-0.2, 0) is 4.79 Å². The van der Waals surface area contributed by atoms with Crippen LogP contribution in [0.15, 0.2) is 0 Å². The van der Waals surface area contributed by atoms with Gasteiger partial charge in [0.05, 0.1) is 0 Å². The highest BCUT2D eigenvalue weighted by atomic mass is 16.2. The van der Waals surface area contributed by atoms with Gasteiger partial charge in [-0.25, -0.2) is 0 Å². The molecule has 0 radical (unpaired) electrons. The lowest BCUT2D eigenvalue weighted by atomic mass is 10.1. The fourth-order valence-electron chi connectivity index (χ4n) is 2.12. The molecule has 0 saturated carbocycles. The first kappa shape index (κ1) is 11.5. The molecule has 1 saturated heterocycles. The third-order valence-corrected chi connectivity index (χ3v) is 3.22. The Kier molecular flexibility index (Phi) is 4.39. The summed E-state index contributed by atoms with van der Waals surface area (Å²) in [6.45, 7) is 7.31. The van der Waals surface area contributed by atoms with E-state index in [4.69, 9.17) is 0 Å². The molecule has 0 bridgehead atoms. The van der Waals surface area contributed by atoms with Crippen LogP contribution in [0.2, 0.25) is 0 Å². The normalized spacial score (nSPS) is 20.3. The zero-order valence-corrected chi connectivity index (χ0v) is 9.62. The summed E-state index contributed by atoms with van der Waals surface area (Å²) in [7, 11) is 1.90. The van der Waals surface area contributed by atoms with E-state index in [2.05, 4.69) is 18.7 Å². The maximum atomic E-state index is 11.5. The van der Waals surface area contributed by atoms with Crippen molar-refractivity contribution in [1.82, 2.24) is 9.80 Å². The first-order chi connectivity index (χ1) is 6.69. The maximum Gasteiger partial charge on any atom is 0.223 e. The van der Waals surface area contributed by atoms with Gasteiger partial charge in [-0.05, 0) is 12.8 Å². The molecule has 1 fully saturated rings. The largest absolute Gasteiger partial charge is 0.344 e. The molecule has 1 aliphatic heterocycles. The van der Waals surface area contributed by atoms with Crippen molar-refractivity contribution in [2.75, 3.05) is 26.7 Å². The van der Waals surface area contributed by atoms with Crippen molar-refractivity contribution in [1.29, 1.82) is 0 Å². The van der Waals surface area contributed by atoms with Gasteiger partial charge in [-0.2, -0.15) is 0 Å². The summed E-state index contributed by atoms with van der Waals surface area (Å²) in [5, 5.41) is 0. The van der Waals surface area contributed by atoms with Crippen LogP contribution in [0.3, 0.4) is 0 Å². The van der Waals surface area contributed by atoms with Gasteiger partial charge in [0.2, 0.25) is 5.91 Å². The van der Waals surface area contributed by atoms with E-state index in [1.807, 2.05) is 11.9 Å². The molecule has 1 aliphatic rings. The second-order valence-electron chi connectivity index (χ2n) is 4.07. The summed E-state index contributed by atoms with van der Waals surface area (Å²) in [6.07, 6.45) is 3.07. The lowest BCUT2D eigenvalue weighted by Crippen LogP contribution is -2.37. The standard InChI is InChI=1S/C11H22N2O/c1-4-10(5-2)13-7-6-11(14)12(3)8-9-13/h10H,4-9H2,1-3H3. The quantitative estimate of drug-likeness (QED) is 0.683. The molecule has 0 N–H and O–H groups in total. The summed E-state index contributed by atoms with van der Waals surface area (Å²) in [5.74, 6) is 0.290. The van der Waals surface area contributed by atoms with E-state index in [1.54, 1.807) is 0 Å². The number of nitrogens with zero attached hydrogens (tertiary/aromatic N) is 2. The Morgan fingerprint density at radius 1 is 1.21 bits per heavy atom. The van der Waals surface area contributed by atoms with Gasteiger partial charge in [0.1, 0.15) is 0 Å². The van der Waals surface area contributed by atoms with Crippen LogP contribution < -0.4 is 0 Å². The second-order valence-corrected chi connectivity index (χ2v) is 4.07. The Morgan fingerprint density at radius 3 is 2.43 bits per heavy atom. The Hall–Kier alpha value is -0.570. The third-order valence-electron chi connectivity index (χ3n) is 3.22. The second kappa shape index (κ2) is 5.35. The van der Waals surface area contributed by atoms with Crippen LogP contribution in [0.5, 0.6) is 0 Å². The van der Waals surface area contributed by atoms with Gasteiger partial charge in [-0.1, -0.05) is 13.8 Å². The van der Waals surface area contributed by atoms with E-state index in [0.717, 1.165) is 19.6 Å². The molecule has 1 rings (SSSR count). The van der Waals surface area contributed by atoms with Gasteiger partial charge in [0, 0.05) is 39.1 Å². The van der Waals surface area contributed by atoms with E-state index in [9.17, 15) is 4.79 Å². The van der Waals surface area contributed by atoms with E-state index >= 15 is 0 Å². The van der Waals surface area contributed by atoms with E-state index in [0.29, 0.717) is 18.4 Å². The molecule has 0 aromatic heterocycles. The van der Waals surface area contributed by atoms with Crippen molar-refractivity contribution in [2.45, 2.75) is 39.2 Å². The van der Waals surface area contributed by atoms with Gasteiger partial charge in [0.15, 0.2) is 0 Å². The third kappa shape index (κ3) is 2.71. The highest BCUT2D eigenvalue weighted by Gasteiger charge is 2.21. The van der Waals surface area contributed by atoms with Crippen LogP contribution in [0.1, 0.15) is 33.1 Å². The lowest BCUT2D eigenvalue weighted by Gasteiger charge is -2.28. The van der Waals surface area contributed by atoms with Crippen molar-refractivity contribution < 1.29 is 4.79 Å². The summed E-state index contributed by atoms with van der Waals surface area (Å²) in [5.41, 5.74) is 0. The van der Waals surface area contributed by atoms with E-state index in [-0.39, 0.29) is 0 Å². The molecule has 0 aliphatic carbocycles. The summed E-state index contributed by atoms with van der Waals surface area (Å²) in [6, 6.07) is 0.661. The minimum absolute atomic E-state index is 0.290. The summed E-state index contributed by atoms with van der Waals surface area (Å²) in [4.78, 5) is 15.8. The van der Waals surface area contributed by atoms with E-state index < -0.39 is 0 Å². The highest BCUT2D eigenvalue weighted by molar-refractivity contribution is 5.76. The summed E-state index contributed by atoms with van der Waals surface area (Å²) >= 11 is 0. The van der Waals surface area contributed by atoms with Gasteiger partial charge in [-0.3, -0.25) is 9.69 Å². The molecule has 0 aromatic carbocycles. The number of amides is 1. The Balaban J connectivity index is 2.52. The molecular weight excluding hydrogens is 176 g/mol. The molecule has 1 amide bonds.